The van der Waals surface area contributed by atoms with Gasteiger partial charge in [-0.25, -0.2) is 8.42 Å². The second-order valence-electron chi connectivity index (χ2n) is 6.33. The number of hydrogen-bond donors (Lipinski definition) is 2. The van der Waals surface area contributed by atoms with Crippen molar-refractivity contribution in [3.05, 3.63) is 48.5 Å². The number of ketones is 1. The van der Waals surface area contributed by atoms with Crippen LogP contribution in [0, 0.1) is 0 Å². The molecule has 150 valence electrons. The number of ether oxygens (including phenoxy) is 1. The third-order valence-corrected chi connectivity index (χ3v) is 4.36. The van der Waals surface area contributed by atoms with Gasteiger partial charge in [-0.05, 0) is 36.8 Å². The van der Waals surface area contributed by atoms with Crippen LogP contribution in [-0.2, 0) is 19.6 Å². The first-order valence-corrected chi connectivity index (χ1v) is 10.9. The molecule has 0 aliphatic carbocycles. The zero-order valence-corrected chi connectivity index (χ0v) is 16.7. The van der Waals surface area contributed by atoms with E-state index < -0.39 is 21.7 Å². The minimum Gasteiger partial charge on any atom is -0.455 e. The zero-order valence-electron chi connectivity index (χ0n) is 15.9. The van der Waals surface area contributed by atoms with Gasteiger partial charge in [0.05, 0.1) is 11.9 Å². The van der Waals surface area contributed by atoms with Crippen molar-refractivity contribution in [2.24, 2.45) is 0 Å². The summed E-state index contributed by atoms with van der Waals surface area (Å²) < 4.78 is 31.5. The fourth-order valence-corrected chi connectivity index (χ4v) is 3.00. The molecule has 0 aromatic heterocycles. The van der Waals surface area contributed by atoms with E-state index in [0.717, 1.165) is 19.1 Å². The topological polar surface area (TPSA) is 102 Å². The molecule has 1 amide bonds. The number of sulfonamides is 1. The summed E-state index contributed by atoms with van der Waals surface area (Å²) in [5, 5.41) is 2.51. The van der Waals surface area contributed by atoms with Crippen LogP contribution in [-0.4, -0.2) is 26.4 Å². The Morgan fingerprint density at radius 3 is 2.39 bits per heavy atom. The van der Waals surface area contributed by atoms with Gasteiger partial charge in [-0.15, -0.1) is 0 Å². The lowest BCUT2D eigenvalue weighted by Gasteiger charge is -2.14. The van der Waals surface area contributed by atoms with Crippen LogP contribution >= 0.6 is 0 Å². The molecule has 7 nitrogen and oxygen atoms in total. The molecular weight excluding hydrogens is 380 g/mol. The number of para-hydroxylation sites is 1. The van der Waals surface area contributed by atoms with Crippen molar-refractivity contribution >= 4 is 33.1 Å². The van der Waals surface area contributed by atoms with Gasteiger partial charge in [0.1, 0.15) is 5.75 Å². The van der Waals surface area contributed by atoms with Crippen molar-refractivity contribution in [1.82, 2.24) is 0 Å². The van der Waals surface area contributed by atoms with Crippen LogP contribution in [0.5, 0.6) is 11.5 Å². The maximum absolute atomic E-state index is 12.0. The van der Waals surface area contributed by atoms with Crippen LogP contribution in [0.4, 0.5) is 11.4 Å². The van der Waals surface area contributed by atoms with Gasteiger partial charge < -0.3 is 10.1 Å². The summed E-state index contributed by atoms with van der Waals surface area (Å²) in [6.07, 6.45) is 3.70. The average molecular weight is 404 g/mol. The Morgan fingerprint density at radius 2 is 1.75 bits per heavy atom. The Labute approximate surface area is 165 Å². The van der Waals surface area contributed by atoms with Crippen molar-refractivity contribution in [2.45, 2.75) is 32.6 Å². The number of carbonyl (C=O) groups is 2. The standard InChI is InChI=1S/C20H24N2O5S/c1-3-4-6-11-18(23)20(24)21-15-12-13-19(17(14-15)22-28(2,25)26)27-16-9-7-5-8-10-16/h5,7-10,12-14,22H,3-4,6,11H2,1-2H3,(H,21,24). The fourth-order valence-electron chi connectivity index (χ4n) is 2.44. The van der Waals surface area contributed by atoms with Gasteiger partial charge >= 0.3 is 0 Å². The highest BCUT2D eigenvalue weighted by molar-refractivity contribution is 7.92. The fraction of sp³-hybridized carbons (Fsp3) is 0.300. The zero-order chi connectivity index (χ0) is 20.6. The normalized spacial score (nSPS) is 10.9. The summed E-state index contributed by atoms with van der Waals surface area (Å²) in [4.78, 5) is 23.9. The van der Waals surface area contributed by atoms with E-state index in [2.05, 4.69) is 10.0 Å². The van der Waals surface area contributed by atoms with Gasteiger partial charge in [0.25, 0.3) is 5.91 Å². The number of carbonyl (C=O) groups excluding carboxylic acids is 2. The number of Topliss-reactive ketones (excluding diaryl/α,β-unsaturated/α-hetero) is 1. The van der Waals surface area contributed by atoms with Crippen LogP contribution < -0.4 is 14.8 Å². The van der Waals surface area contributed by atoms with Gasteiger partial charge in [0.2, 0.25) is 15.8 Å². The van der Waals surface area contributed by atoms with E-state index in [4.69, 9.17) is 4.74 Å². The average Bonchev–Trinajstić information content (AvgIpc) is 2.63. The van der Waals surface area contributed by atoms with E-state index >= 15 is 0 Å². The van der Waals surface area contributed by atoms with Gasteiger partial charge in [-0.2, -0.15) is 0 Å². The summed E-state index contributed by atoms with van der Waals surface area (Å²) in [6, 6.07) is 13.4. The lowest BCUT2D eigenvalue weighted by Crippen LogP contribution is -2.22. The molecule has 0 aliphatic heterocycles. The molecular formula is C20H24N2O5S. The van der Waals surface area contributed by atoms with E-state index in [0.29, 0.717) is 17.9 Å². The number of unbranched alkanes of at least 4 members (excludes halogenated alkanes) is 2. The van der Waals surface area contributed by atoms with Crippen molar-refractivity contribution in [3.63, 3.8) is 0 Å². The van der Waals surface area contributed by atoms with Crippen molar-refractivity contribution in [1.29, 1.82) is 0 Å². The first-order chi connectivity index (χ1) is 13.3. The van der Waals surface area contributed by atoms with E-state index in [1.807, 2.05) is 13.0 Å². The van der Waals surface area contributed by atoms with Gasteiger partial charge in [-0.1, -0.05) is 38.0 Å². The molecule has 2 N–H and O–H groups in total. The molecule has 0 bridgehead atoms. The van der Waals surface area contributed by atoms with E-state index in [1.54, 1.807) is 30.3 Å². The maximum Gasteiger partial charge on any atom is 0.291 e. The number of anilines is 2. The summed E-state index contributed by atoms with van der Waals surface area (Å²) in [5.74, 6) is -0.431. The molecule has 0 aliphatic rings. The molecule has 0 atom stereocenters. The second-order valence-corrected chi connectivity index (χ2v) is 8.08. The Bertz CT molecular complexity index is 927. The first kappa shape index (κ1) is 21.4. The molecule has 2 aromatic rings. The highest BCUT2D eigenvalue weighted by atomic mass is 32.2. The van der Waals surface area contributed by atoms with E-state index in [-0.39, 0.29) is 17.9 Å². The molecule has 0 saturated heterocycles. The lowest BCUT2D eigenvalue weighted by atomic mass is 10.1. The van der Waals surface area contributed by atoms with Crippen molar-refractivity contribution < 1.29 is 22.7 Å². The summed E-state index contributed by atoms with van der Waals surface area (Å²) >= 11 is 0. The Hall–Kier alpha value is -2.87. The van der Waals surface area contributed by atoms with Crippen molar-refractivity contribution in [2.75, 3.05) is 16.3 Å². The predicted molar refractivity (Wildman–Crippen MR) is 109 cm³/mol. The SMILES string of the molecule is CCCCCC(=O)C(=O)Nc1ccc(Oc2ccccc2)c(NS(C)(=O)=O)c1. The summed E-state index contributed by atoms with van der Waals surface area (Å²) in [5.41, 5.74) is 0.447. The molecule has 28 heavy (non-hydrogen) atoms. The Balaban J connectivity index is 2.19. The summed E-state index contributed by atoms with van der Waals surface area (Å²) in [6.45, 7) is 2.01. The minimum absolute atomic E-state index is 0.155. The predicted octanol–water partition coefficient (Wildman–Crippen LogP) is 3.94. The van der Waals surface area contributed by atoms with Gasteiger partial charge in [0, 0.05) is 12.1 Å². The van der Waals surface area contributed by atoms with E-state index in [9.17, 15) is 18.0 Å². The Kier molecular flexibility index (Phi) is 7.57. The molecule has 0 fully saturated rings. The van der Waals surface area contributed by atoms with Crippen LogP contribution in [0.1, 0.15) is 32.6 Å². The smallest absolute Gasteiger partial charge is 0.291 e. The summed E-state index contributed by atoms with van der Waals surface area (Å²) in [7, 11) is -3.58. The van der Waals surface area contributed by atoms with Crippen molar-refractivity contribution in [3.8, 4) is 11.5 Å². The number of benzene rings is 2. The molecule has 0 unspecified atom stereocenters. The largest absolute Gasteiger partial charge is 0.455 e. The highest BCUT2D eigenvalue weighted by Gasteiger charge is 2.16. The second kappa shape index (κ2) is 9.89. The maximum atomic E-state index is 12.0. The number of hydrogen-bond acceptors (Lipinski definition) is 5. The first-order valence-electron chi connectivity index (χ1n) is 8.97. The lowest BCUT2D eigenvalue weighted by molar-refractivity contribution is -0.134. The molecule has 2 aromatic carbocycles. The van der Waals surface area contributed by atoms with Crippen LogP contribution in [0.3, 0.4) is 0 Å². The van der Waals surface area contributed by atoms with Crippen LogP contribution in [0.15, 0.2) is 48.5 Å². The number of rotatable bonds is 10. The van der Waals surface area contributed by atoms with Gasteiger partial charge in [0.15, 0.2) is 5.75 Å². The third kappa shape index (κ3) is 7.03. The molecule has 0 saturated carbocycles. The monoisotopic (exact) mass is 404 g/mol. The van der Waals surface area contributed by atoms with Gasteiger partial charge in [-0.3, -0.25) is 14.3 Å². The molecule has 0 spiro atoms. The quantitative estimate of drug-likeness (QED) is 0.461. The molecule has 2 rings (SSSR count). The molecule has 0 radical (unpaired) electrons. The minimum atomic E-state index is -3.58. The van der Waals surface area contributed by atoms with Crippen LogP contribution in [0.2, 0.25) is 0 Å². The molecule has 0 heterocycles. The third-order valence-electron chi connectivity index (χ3n) is 3.76. The van der Waals surface area contributed by atoms with E-state index in [1.165, 1.54) is 12.1 Å². The number of nitrogens with one attached hydrogen (secondary N) is 2. The highest BCUT2D eigenvalue weighted by Crippen LogP contribution is 2.32. The molecule has 8 heteroatoms. The van der Waals surface area contributed by atoms with Crippen LogP contribution in [0.25, 0.3) is 0 Å². The Morgan fingerprint density at radius 1 is 1.04 bits per heavy atom. The number of amides is 1.